The highest BCUT2D eigenvalue weighted by molar-refractivity contribution is 7.91. The lowest BCUT2D eigenvalue weighted by Gasteiger charge is -2.03. The summed E-state index contributed by atoms with van der Waals surface area (Å²) in [5.74, 6) is -0.339. The highest BCUT2D eigenvalue weighted by atomic mass is 32.2. The van der Waals surface area contributed by atoms with Gasteiger partial charge in [0.05, 0.1) is 24.7 Å². The molecule has 9 heteroatoms. The van der Waals surface area contributed by atoms with Crippen molar-refractivity contribution in [3.05, 3.63) is 0 Å². The summed E-state index contributed by atoms with van der Waals surface area (Å²) in [6.07, 6.45) is 0. The molecule has 0 saturated heterocycles. The maximum absolute atomic E-state index is 11.2. The molecule has 0 bridgehead atoms. The van der Waals surface area contributed by atoms with Gasteiger partial charge in [-0.05, 0) is 0 Å². The number of hydrogen-bond acceptors (Lipinski definition) is 7. The van der Waals surface area contributed by atoms with Crippen LogP contribution in [0.1, 0.15) is 0 Å². The Balaban J connectivity index is 3.57. The van der Waals surface area contributed by atoms with Crippen molar-refractivity contribution in [3.63, 3.8) is 0 Å². The predicted octanol–water partition coefficient (Wildman–Crippen LogP) is -0.859. The van der Waals surface area contributed by atoms with Crippen molar-refractivity contribution in [1.82, 2.24) is 4.91 Å². The first-order chi connectivity index (χ1) is 7.62. The molecule has 0 aliphatic heterocycles. The third-order valence-corrected chi connectivity index (χ3v) is 3.10. The molecule has 0 aliphatic rings. The molecule has 92 valence electrons. The molecule has 1 N–H and O–H groups in total. The van der Waals surface area contributed by atoms with Gasteiger partial charge in [0.1, 0.15) is 23.8 Å². The first kappa shape index (κ1) is 14.7. The molecular weight excluding hydrogens is 238 g/mol. The van der Waals surface area contributed by atoms with E-state index in [-0.39, 0.29) is 44.3 Å². The van der Waals surface area contributed by atoms with Crippen molar-refractivity contribution in [3.8, 4) is 0 Å². The summed E-state index contributed by atoms with van der Waals surface area (Å²) in [4.78, 5) is 12.5. The Hall–Kier alpha value is -1.31. The fraction of sp³-hybridized carbons (Fsp3) is 0.857. The van der Waals surface area contributed by atoms with Crippen molar-refractivity contribution in [2.45, 2.75) is 0 Å². The smallest absolute Gasteiger partial charge is 0.293 e. The van der Waals surface area contributed by atoms with E-state index in [0.29, 0.717) is 0 Å². The summed E-state index contributed by atoms with van der Waals surface area (Å²) in [6.45, 7) is 0.578. The van der Waals surface area contributed by atoms with Crippen LogP contribution in [-0.4, -0.2) is 52.8 Å². The number of nitrogens with zero attached hydrogens (tertiary/aromatic N) is 2. The molecule has 8 nitrogen and oxygen atoms in total. The van der Waals surface area contributed by atoms with E-state index >= 15 is 0 Å². The minimum atomic E-state index is -3.25. The van der Waals surface area contributed by atoms with E-state index in [1.165, 1.54) is 0 Å². The van der Waals surface area contributed by atoms with Crippen molar-refractivity contribution in [1.29, 1.82) is 5.53 Å². The third kappa shape index (κ3) is 9.25. The normalized spacial score (nSPS) is 10.5. The van der Waals surface area contributed by atoms with E-state index in [1.54, 1.807) is 0 Å². The highest BCUT2D eigenvalue weighted by Crippen LogP contribution is 1.91. The molecule has 0 aromatic carbocycles. The average Bonchev–Trinajstić information content (AvgIpc) is 2.23. The Kier molecular flexibility index (Phi) is 8.22. The van der Waals surface area contributed by atoms with Crippen molar-refractivity contribution >= 4 is 16.3 Å². The number of carbonyl (C=O) groups excluding carboxylic acids is 1. The minimum absolute atomic E-state index is 0.0525. The van der Waals surface area contributed by atoms with Gasteiger partial charge in [0.25, 0.3) is 6.47 Å². The largest absolute Gasteiger partial charge is 0.467 e. The molecular formula is C7H14N3O5S+. The molecule has 0 rings (SSSR count). The number of ether oxygens (including phenoxy) is 2. The van der Waals surface area contributed by atoms with E-state index in [9.17, 15) is 13.2 Å². The van der Waals surface area contributed by atoms with E-state index in [4.69, 9.17) is 10.3 Å². The van der Waals surface area contributed by atoms with Crippen LogP contribution in [0.3, 0.4) is 0 Å². The van der Waals surface area contributed by atoms with Gasteiger partial charge >= 0.3 is 0 Å². The zero-order valence-corrected chi connectivity index (χ0v) is 9.48. The van der Waals surface area contributed by atoms with E-state index in [0.717, 1.165) is 0 Å². The predicted molar refractivity (Wildman–Crippen MR) is 53.6 cm³/mol. The number of hydrogen-bond donors (Lipinski definition) is 1. The Morgan fingerprint density at radius 2 is 1.94 bits per heavy atom. The summed E-state index contributed by atoms with van der Waals surface area (Å²) in [5.41, 5.74) is 6.34. The lowest BCUT2D eigenvalue weighted by Crippen LogP contribution is -2.19. The Bertz CT molecular complexity index is 336. The lowest BCUT2D eigenvalue weighted by molar-refractivity contribution is -0.128. The number of nitrogens with one attached hydrogen (secondary N) is 1. The lowest BCUT2D eigenvalue weighted by atomic mass is 10.7. The average molecular weight is 252 g/mol. The van der Waals surface area contributed by atoms with E-state index < -0.39 is 9.84 Å². The molecule has 0 unspecified atom stereocenters. The summed E-state index contributed by atoms with van der Waals surface area (Å²) < 4.78 is 31.7. The van der Waals surface area contributed by atoms with Crippen LogP contribution in [0.25, 0.3) is 0 Å². The fourth-order valence-electron chi connectivity index (χ4n) is 0.769. The van der Waals surface area contributed by atoms with Gasteiger partial charge in [0.15, 0.2) is 9.84 Å². The van der Waals surface area contributed by atoms with E-state index in [2.05, 4.69) is 14.8 Å². The van der Waals surface area contributed by atoms with Crippen molar-refractivity contribution < 1.29 is 22.7 Å². The van der Waals surface area contributed by atoms with Crippen LogP contribution in [0.5, 0.6) is 0 Å². The van der Waals surface area contributed by atoms with Crippen LogP contribution >= 0.6 is 0 Å². The van der Waals surface area contributed by atoms with Gasteiger partial charge in [-0.2, -0.15) is 0 Å². The van der Waals surface area contributed by atoms with Gasteiger partial charge in [0.2, 0.25) is 4.91 Å². The van der Waals surface area contributed by atoms with Gasteiger partial charge in [0, 0.05) is 0 Å². The molecule has 0 radical (unpaired) electrons. The first-order valence-electron chi connectivity index (χ1n) is 4.49. The van der Waals surface area contributed by atoms with Crippen LogP contribution in [-0.2, 0) is 24.1 Å². The summed E-state index contributed by atoms with van der Waals surface area (Å²) >= 11 is 0. The zero-order chi connectivity index (χ0) is 12.3. The molecule has 0 aromatic rings. The zero-order valence-electron chi connectivity index (χ0n) is 8.66. The molecule has 0 heterocycles. The Morgan fingerprint density at radius 3 is 2.56 bits per heavy atom. The molecule has 0 amide bonds. The molecule has 0 atom stereocenters. The van der Waals surface area contributed by atoms with E-state index in [1.807, 2.05) is 0 Å². The number of sulfone groups is 1. The summed E-state index contributed by atoms with van der Waals surface area (Å²) in [5, 5.41) is 3.32. The molecule has 0 fully saturated rings. The minimum Gasteiger partial charge on any atom is -0.467 e. The Morgan fingerprint density at radius 1 is 1.25 bits per heavy atom. The summed E-state index contributed by atoms with van der Waals surface area (Å²) in [7, 11) is -3.25. The van der Waals surface area contributed by atoms with Gasteiger partial charge in [-0.3, -0.25) is 4.79 Å². The molecule has 16 heavy (non-hydrogen) atoms. The van der Waals surface area contributed by atoms with Gasteiger partial charge in [-0.1, -0.05) is 0 Å². The molecule has 0 aliphatic carbocycles. The van der Waals surface area contributed by atoms with Crippen LogP contribution in [0.15, 0.2) is 5.11 Å². The van der Waals surface area contributed by atoms with Crippen molar-refractivity contribution in [2.75, 3.05) is 37.9 Å². The first-order valence-corrected chi connectivity index (χ1v) is 6.31. The standard InChI is InChI=1S/C7H14N3O5S/c8-10-9-1-2-14-3-5-16(12,13)6-4-15-7-11/h7-8H,1-6H2/q+1. The second-order valence-corrected chi connectivity index (χ2v) is 5.00. The summed E-state index contributed by atoms with van der Waals surface area (Å²) in [6, 6.07) is 0. The number of rotatable bonds is 10. The molecule has 0 spiro atoms. The highest BCUT2D eigenvalue weighted by Gasteiger charge is 2.10. The molecule has 0 aromatic heterocycles. The van der Waals surface area contributed by atoms with Crippen LogP contribution in [0.2, 0.25) is 0 Å². The SMILES string of the molecule is N=[N+]=NCCOCCS(=O)(=O)CCOC=O. The monoisotopic (exact) mass is 252 g/mol. The van der Waals surface area contributed by atoms with Crippen molar-refractivity contribution in [2.24, 2.45) is 5.11 Å². The third-order valence-electron chi connectivity index (χ3n) is 1.53. The van der Waals surface area contributed by atoms with Crippen LogP contribution in [0.4, 0.5) is 0 Å². The topological polar surface area (TPSA) is 120 Å². The van der Waals surface area contributed by atoms with Gasteiger partial charge < -0.3 is 9.47 Å². The quantitative estimate of drug-likeness (QED) is 0.235. The van der Waals surface area contributed by atoms with Crippen LogP contribution in [0, 0.1) is 5.53 Å². The maximum atomic E-state index is 11.2. The van der Waals surface area contributed by atoms with Crippen LogP contribution < -0.4 is 4.91 Å². The maximum Gasteiger partial charge on any atom is 0.293 e. The molecule has 0 saturated carbocycles. The second-order valence-electron chi connectivity index (χ2n) is 2.70. The second kappa shape index (κ2) is 8.96. The Labute approximate surface area is 93.1 Å². The fourth-order valence-corrected chi connectivity index (χ4v) is 1.69. The van der Waals surface area contributed by atoms with Gasteiger partial charge in [-0.25, -0.2) is 8.42 Å². The van der Waals surface area contributed by atoms with Gasteiger partial charge in [-0.15, -0.1) is 0 Å². The number of carbonyl (C=O) groups is 1.